The van der Waals surface area contributed by atoms with E-state index in [2.05, 4.69) is 39.8 Å². The molecule has 0 radical (unpaired) electrons. The molecule has 0 amide bonds. The van der Waals surface area contributed by atoms with Gasteiger partial charge in [0.2, 0.25) is 0 Å². The van der Waals surface area contributed by atoms with Gasteiger partial charge < -0.3 is 9.84 Å². The molecule has 5 saturated carbocycles. The second-order valence-corrected chi connectivity index (χ2v) is 14.6. The topological polar surface area (TPSA) is 46.5 Å². The van der Waals surface area contributed by atoms with Crippen LogP contribution in [0.25, 0.3) is 0 Å². The molecule has 5 aliphatic carbocycles. The van der Waals surface area contributed by atoms with Crippen LogP contribution in [0, 0.1) is 51.2 Å². The number of aliphatic hydroxyl groups is 1. The van der Waals surface area contributed by atoms with E-state index in [1.807, 2.05) is 32.0 Å². The number of hydrogen-bond acceptors (Lipinski definition) is 3. The first-order valence-corrected chi connectivity index (χ1v) is 16.0. The summed E-state index contributed by atoms with van der Waals surface area (Å²) >= 11 is 0. The van der Waals surface area contributed by atoms with Crippen molar-refractivity contribution >= 4 is 5.97 Å². The monoisotopic (exact) mass is 522 g/mol. The number of rotatable bonds is 3. The fraction of sp³-hybridized carbons (Fsp3) is 0.800. The van der Waals surface area contributed by atoms with E-state index < -0.39 is 0 Å². The van der Waals surface area contributed by atoms with E-state index >= 15 is 0 Å². The zero-order chi connectivity index (χ0) is 27.3. The number of aliphatic hydroxyl groups excluding tert-OH is 1. The fourth-order valence-corrected chi connectivity index (χ4v) is 11.4. The van der Waals surface area contributed by atoms with Gasteiger partial charge in [-0.1, -0.05) is 78.3 Å². The van der Waals surface area contributed by atoms with Crippen LogP contribution in [0.4, 0.5) is 0 Å². The van der Waals surface area contributed by atoms with Crippen LogP contribution >= 0.6 is 0 Å². The predicted octanol–water partition coefficient (Wildman–Crippen LogP) is 8.58. The highest BCUT2D eigenvalue weighted by molar-refractivity contribution is 5.78. The van der Waals surface area contributed by atoms with Gasteiger partial charge in [0.25, 0.3) is 0 Å². The normalized spacial score (nSPS) is 44.8. The van der Waals surface area contributed by atoms with Gasteiger partial charge in [-0.15, -0.1) is 0 Å². The fourth-order valence-electron chi connectivity index (χ4n) is 11.4. The number of fused-ring (bicyclic) bond motifs is 7. The van der Waals surface area contributed by atoms with Crippen molar-refractivity contribution < 1.29 is 14.6 Å². The van der Waals surface area contributed by atoms with Crippen molar-refractivity contribution in [1.29, 1.82) is 0 Å². The number of hydrogen-bond donors (Lipinski definition) is 1. The van der Waals surface area contributed by atoms with Gasteiger partial charge >= 0.3 is 5.97 Å². The summed E-state index contributed by atoms with van der Waals surface area (Å²) in [7, 11) is 0. The van der Waals surface area contributed by atoms with E-state index in [-0.39, 0.29) is 22.9 Å². The summed E-state index contributed by atoms with van der Waals surface area (Å²) in [5.74, 6) is 3.38. The summed E-state index contributed by atoms with van der Waals surface area (Å²) in [6.45, 7) is 14.3. The van der Waals surface area contributed by atoms with E-state index in [0.29, 0.717) is 35.2 Å². The minimum absolute atomic E-state index is 0.0147. The zero-order valence-corrected chi connectivity index (χ0v) is 25.1. The summed E-state index contributed by atoms with van der Waals surface area (Å²) in [5, 5.41) is 10.9. The number of ether oxygens (including phenoxy) is 1. The molecule has 5 aliphatic rings. The van der Waals surface area contributed by atoms with Crippen LogP contribution in [-0.4, -0.2) is 17.2 Å². The van der Waals surface area contributed by atoms with Gasteiger partial charge in [0.15, 0.2) is 0 Å². The van der Waals surface area contributed by atoms with Crippen LogP contribution in [0.15, 0.2) is 30.3 Å². The predicted molar refractivity (Wildman–Crippen MR) is 154 cm³/mol. The molecule has 1 aromatic rings. The van der Waals surface area contributed by atoms with Crippen LogP contribution in [0.3, 0.4) is 0 Å². The Morgan fingerprint density at radius 1 is 0.816 bits per heavy atom. The minimum atomic E-state index is -0.239. The Bertz CT molecular complexity index is 986. The third-order valence-electron chi connectivity index (χ3n) is 13.1. The molecule has 3 heteroatoms. The van der Waals surface area contributed by atoms with Crippen LogP contribution in [0.1, 0.15) is 118 Å². The average molecular weight is 523 g/mol. The Balaban J connectivity index is 0.00000144. The Hall–Kier alpha value is -1.35. The number of esters is 1. The van der Waals surface area contributed by atoms with Gasteiger partial charge in [0, 0.05) is 0 Å². The van der Waals surface area contributed by atoms with Crippen molar-refractivity contribution in [1.82, 2.24) is 0 Å². The third kappa shape index (κ3) is 4.11. The molecule has 1 aromatic carbocycles. The molecule has 3 nitrogen and oxygen atoms in total. The van der Waals surface area contributed by atoms with Crippen molar-refractivity contribution in [2.75, 3.05) is 0 Å². The van der Waals surface area contributed by atoms with Crippen molar-refractivity contribution in [2.45, 2.75) is 125 Å². The lowest BCUT2D eigenvalue weighted by Gasteiger charge is -2.69. The molecule has 1 N–H and O–H groups in total. The Morgan fingerprint density at radius 2 is 1.53 bits per heavy atom. The molecule has 0 aliphatic heterocycles. The summed E-state index contributed by atoms with van der Waals surface area (Å²) in [4.78, 5) is 13.7. The standard InChI is InChI=1S/C33H48O3.C2H6/c1-30(2)26-15-18-31(3)24-14-20-33(29(35)36-21-22-9-6-5-7-10-22)17-8-11-25(33)23(24)12-13-27(31)32(26,4)19-16-28(30)34;1-2/h5-7,9-10,23-28,34H,8,11-21H2,1-4H3;1-2H3/t23-,24?,25+,26?,27?,28-,31-,32-,33-;/m0./s1. The van der Waals surface area contributed by atoms with Gasteiger partial charge in [-0.05, 0) is 116 Å². The maximum atomic E-state index is 13.7. The first-order chi connectivity index (χ1) is 18.1. The molecule has 0 spiro atoms. The van der Waals surface area contributed by atoms with E-state index in [1.165, 1.54) is 51.4 Å². The molecule has 0 heterocycles. The van der Waals surface area contributed by atoms with Crippen LogP contribution in [-0.2, 0) is 16.1 Å². The Morgan fingerprint density at radius 3 is 2.26 bits per heavy atom. The highest BCUT2D eigenvalue weighted by Crippen LogP contribution is 2.73. The maximum Gasteiger partial charge on any atom is 0.312 e. The number of carbonyl (C=O) groups is 1. The van der Waals surface area contributed by atoms with E-state index in [4.69, 9.17) is 4.74 Å². The first kappa shape index (κ1) is 28.2. The van der Waals surface area contributed by atoms with Crippen LogP contribution in [0.2, 0.25) is 0 Å². The molecule has 0 bridgehead atoms. The number of carbonyl (C=O) groups excluding carboxylic acids is 1. The van der Waals surface area contributed by atoms with Gasteiger partial charge in [0.05, 0.1) is 11.5 Å². The molecular formula is C35H54O3. The molecule has 0 saturated heterocycles. The SMILES string of the molecule is CC.CC1(C)C2CC[C@@]3(C)C4CC[C@@]5(C(=O)OCc6ccccc6)CCC[C@@H]5[C@H]4CCC3[C@@]2(C)CC[C@@H]1O. The van der Waals surface area contributed by atoms with Gasteiger partial charge in [0.1, 0.15) is 6.61 Å². The second kappa shape index (κ2) is 10.2. The smallest absolute Gasteiger partial charge is 0.312 e. The molecule has 0 aromatic heterocycles. The summed E-state index contributed by atoms with van der Waals surface area (Å²) < 4.78 is 6.04. The largest absolute Gasteiger partial charge is 0.460 e. The van der Waals surface area contributed by atoms with Gasteiger partial charge in [-0.25, -0.2) is 0 Å². The van der Waals surface area contributed by atoms with Crippen molar-refractivity contribution in [3.05, 3.63) is 35.9 Å². The van der Waals surface area contributed by atoms with Gasteiger partial charge in [-0.2, -0.15) is 0 Å². The average Bonchev–Trinajstić information content (AvgIpc) is 3.37. The minimum Gasteiger partial charge on any atom is -0.460 e. The summed E-state index contributed by atoms with van der Waals surface area (Å²) in [6, 6.07) is 10.2. The maximum absolute atomic E-state index is 13.7. The lowest BCUT2D eigenvalue weighted by Crippen LogP contribution is -2.63. The summed E-state index contributed by atoms with van der Waals surface area (Å²) in [6.07, 6.45) is 12.8. The van der Waals surface area contributed by atoms with E-state index in [1.54, 1.807) is 0 Å². The highest BCUT2D eigenvalue weighted by atomic mass is 16.5. The molecule has 38 heavy (non-hydrogen) atoms. The second-order valence-electron chi connectivity index (χ2n) is 14.6. The lowest BCUT2D eigenvalue weighted by atomic mass is 9.36. The van der Waals surface area contributed by atoms with Crippen molar-refractivity contribution in [3.63, 3.8) is 0 Å². The number of benzene rings is 1. The van der Waals surface area contributed by atoms with E-state index in [9.17, 15) is 9.90 Å². The summed E-state index contributed by atoms with van der Waals surface area (Å²) in [5.41, 5.74) is 1.57. The highest BCUT2D eigenvalue weighted by Gasteiger charge is 2.67. The third-order valence-corrected chi connectivity index (χ3v) is 13.1. The van der Waals surface area contributed by atoms with Crippen LogP contribution in [0.5, 0.6) is 0 Å². The zero-order valence-electron chi connectivity index (χ0n) is 25.1. The quantitative estimate of drug-likeness (QED) is 0.404. The van der Waals surface area contributed by atoms with Crippen molar-refractivity contribution in [2.24, 2.45) is 51.2 Å². The molecule has 212 valence electrons. The van der Waals surface area contributed by atoms with Gasteiger partial charge in [-0.3, -0.25) is 4.79 Å². The molecule has 3 unspecified atom stereocenters. The Kier molecular flexibility index (Phi) is 7.60. The lowest BCUT2D eigenvalue weighted by molar-refractivity contribution is -0.217. The molecule has 9 atom stereocenters. The van der Waals surface area contributed by atoms with Crippen molar-refractivity contribution in [3.8, 4) is 0 Å². The molecule has 5 fully saturated rings. The molecular weight excluding hydrogens is 468 g/mol. The van der Waals surface area contributed by atoms with Crippen LogP contribution < -0.4 is 0 Å². The first-order valence-electron chi connectivity index (χ1n) is 16.0. The Labute approximate surface area is 232 Å². The van der Waals surface area contributed by atoms with E-state index in [0.717, 1.165) is 36.7 Å². The molecule has 6 rings (SSSR count).